The Morgan fingerprint density at radius 2 is 0.718 bits per heavy atom. The van der Waals surface area contributed by atoms with Crippen molar-refractivity contribution in [3.63, 3.8) is 0 Å². The maximum atomic E-state index is 7.48. The van der Waals surface area contributed by atoms with E-state index >= 15 is 0 Å². The molecule has 2 radical (unpaired) electrons. The Kier molecular flexibility index (Phi) is 9.90. The van der Waals surface area contributed by atoms with Crippen molar-refractivity contribution in [1.82, 2.24) is 0 Å². The summed E-state index contributed by atoms with van der Waals surface area (Å²) in [6.07, 6.45) is 0. The summed E-state index contributed by atoms with van der Waals surface area (Å²) >= 11 is -1.00. The van der Waals surface area contributed by atoms with Crippen molar-refractivity contribution in [3.8, 4) is 0 Å². The van der Waals surface area contributed by atoms with Gasteiger partial charge in [-0.05, 0) is 0 Å². The van der Waals surface area contributed by atoms with Gasteiger partial charge in [0.05, 0.1) is 0 Å². The van der Waals surface area contributed by atoms with Crippen molar-refractivity contribution in [2.24, 2.45) is 8.82 Å². The Labute approximate surface area is 248 Å². The summed E-state index contributed by atoms with van der Waals surface area (Å²) in [5.74, 6) is 0. The molecular weight excluding hydrogens is 627 g/mol. The molecule has 8 heteroatoms. The van der Waals surface area contributed by atoms with Crippen molar-refractivity contribution in [1.29, 1.82) is 0 Å². The Morgan fingerprint density at radius 3 is 0.897 bits per heavy atom. The molecular formula is C31H39ClGeN2P2Si2. The second kappa shape index (κ2) is 12.6. The van der Waals surface area contributed by atoms with Crippen molar-refractivity contribution in [3.05, 3.63) is 121 Å². The summed E-state index contributed by atoms with van der Waals surface area (Å²) in [4.78, 5) is 0. The van der Waals surface area contributed by atoms with Gasteiger partial charge in [-0.2, -0.15) is 0 Å². The maximum absolute atomic E-state index is 7.48. The number of halogens is 1. The molecule has 0 fully saturated rings. The van der Waals surface area contributed by atoms with Gasteiger partial charge in [-0.1, -0.05) is 0 Å². The van der Waals surface area contributed by atoms with Gasteiger partial charge in [0.1, 0.15) is 0 Å². The fourth-order valence-corrected chi connectivity index (χ4v) is 36.5. The van der Waals surface area contributed by atoms with Crippen LogP contribution in [0.5, 0.6) is 0 Å². The molecule has 0 bridgehead atoms. The van der Waals surface area contributed by atoms with E-state index in [2.05, 4.69) is 161 Å². The molecule has 0 amide bonds. The Hall–Kier alpha value is -1.39. The minimum absolute atomic E-state index is 0.153. The quantitative estimate of drug-likeness (QED) is 0.127. The van der Waals surface area contributed by atoms with Crippen LogP contribution < -0.4 is 21.2 Å². The molecule has 0 aliphatic carbocycles. The van der Waals surface area contributed by atoms with Gasteiger partial charge in [0.25, 0.3) is 0 Å². The van der Waals surface area contributed by atoms with Crippen molar-refractivity contribution < 1.29 is 0 Å². The van der Waals surface area contributed by atoms with Crippen LogP contribution in [0.15, 0.2) is 130 Å². The molecule has 0 saturated heterocycles. The van der Waals surface area contributed by atoms with Crippen LogP contribution in [0.4, 0.5) is 0 Å². The predicted octanol–water partition coefficient (Wildman–Crippen LogP) is 8.50. The Balaban J connectivity index is 2.32. The van der Waals surface area contributed by atoms with Crippen molar-refractivity contribution in [2.75, 3.05) is 0 Å². The first kappa shape index (κ1) is 30.6. The van der Waals surface area contributed by atoms with Crippen molar-refractivity contribution >= 4 is 76.3 Å². The summed E-state index contributed by atoms with van der Waals surface area (Å²) < 4.78 is 12.3. The van der Waals surface area contributed by atoms with Crippen LogP contribution in [0.2, 0.25) is 39.3 Å². The average Bonchev–Trinajstić information content (AvgIpc) is 2.93. The zero-order chi connectivity index (χ0) is 28.2. The second-order valence-electron chi connectivity index (χ2n) is 11.7. The van der Waals surface area contributed by atoms with E-state index in [4.69, 9.17) is 18.8 Å². The molecule has 0 atom stereocenters. The molecule has 0 unspecified atom stereocenters. The minimum atomic E-state index is -2.38. The van der Waals surface area contributed by atoms with Gasteiger partial charge in [-0.25, -0.2) is 0 Å². The zero-order valence-electron chi connectivity index (χ0n) is 23.8. The topological polar surface area (TPSA) is 24.7 Å². The van der Waals surface area contributed by atoms with E-state index < -0.39 is 45.1 Å². The molecule has 0 aliphatic rings. The number of benzene rings is 4. The third-order valence-electron chi connectivity index (χ3n) is 6.32. The van der Waals surface area contributed by atoms with Gasteiger partial charge in [0, 0.05) is 0 Å². The van der Waals surface area contributed by atoms with Crippen LogP contribution in [-0.2, 0) is 0 Å². The van der Waals surface area contributed by atoms with Gasteiger partial charge in [0.15, 0.2) is 0 Å². The van der Waals surface area contributed by atoms with Gasteiger partial charge in [0.2, 0.25) is 0 Å². The van der Waals surface area contributed by atoms with Crippen LogP contribution >= 0.6 is 24.1 Å². The first-order valence-corrected chi connectivity index (χ1v) is 27.9. The molecule has 0 spiro atoms. The molecule has 4 aromatic rings. The second-order valence-corrected chi connectivity index (χ2v) is 33.1. The van der Waals surface area contributed by atoms with Crippen LogP contribution in [0.3, 0.4) is 0 Å². The monoisotopic (exact) mass is 666 g/mol. The van der Waals surface area contributed by atoms with Gasteiger partial charge in [-0.3, -0.25) is 0 Å². The summed E-state index contributed by atoms with van der Waals surface area (Å²) in [6, 6.07) is 44.4. The number of hydrogen-bond donors (Lipinski definition) is 0. The van der Waals surface area contributed by atoms with Crippen LogP contribution in [0, 0.1) is 0 Å². The standard InChI is InChI=1S/C31H39ClGeN2P2Si2/c1-38(2,3)34-36(27-19-11-7-12-20-27,28-21-13-8-14-22-28)31(33-32)37(35-39(4,5)6,29-23-15-9-16-24-29)30-25-17-10-18-26-30/h7-26,31H,1-6H3. The molecule has 2 nitrogen and oxygen atoms in total. The van der Waals surface area contributed by atoms with Gasteiger partial charge < -0.3 is 0 Å². The van der Waals surface area contributed by atoms with E-state index in [1.807, 2.05) is 0 Å². The molecule has 39 heavy (non-hydrogen) atoms. The van der Waals surface area contributed by atoms with E-state index in [9.17, 15) is 0 Å². The van der Waals surface area contributed by atoms with Gasteiger partial charge in [-0.15, -0.1) is 0 Å². The van der Waals surface area contributed by atoms with Crippen molar-refractivity contribution in [2.45, 2.75) is 43.5 Å². The van der Waals surface area contributed by atoms with E-state index in [-0.39, 0.29) is 4.23 Å². The molecule has 0 heterocycles. The number of rotatable bonds is 9. The van der Waals surface area contributed by atoms with Crippen LogP contribution in [-0.4, -0.2) is 35.2 Å². The van der Waals surface area contributed by atoms with E-state index in [1.54, 1.807) is 0 Å². The summed E-state index contributed by atoms with van der Waals surface area (Å²) in [7, 11) is -1.19. The molecule has 4 aromatic carbocycles. The third kappa shape index (κ3) is 6.75. The van der Waals surface area contributed by atoms with Gasteiger partial charge >= 0.3 is 250 Å². The zero-order valence-corrected chi connectivity index (χ0v) is 30.4. The first-order chi connectivity index (χ1) is 18.5. The molecule has 0 saturated carbocycles. The van der Waals surface area contributed by atoms with Crippen LogP contribution in [0.1, 0.15) is 0 Å². The number of hydrogen-bond acceptors (Lipinski definition) is 2. The molecule has 202 valence electrons. The molecule has 0 N–H and O–H groups in total. The summed E-state index contributed by atoms with van der Waals surface area (Å²) in [5, 5.41) is 5.31. The summed E-state index contributed by atoms with van der Waals surface area (Å²) in [6.45, 7) is 14.2. The fraction of sp³-hybridized carbons (Fsp3) is 0.226. The molecule has 0 aliphatic heterocycles. The average molecular weight is 666 g/mol. The fourth-order valence-electron chi connectivity index (χ4n) is 5.15. The van der Waals surface area contributed by atoms with E-state index in [1.165, 1.54) is 21.2 Å². The van der Waals surface area contributed by atoms with E-state index in [0.717, 1.165) is 0 Å². The SMILES string of the molecule is C[Si](C)(C)N=P(c1ccccc1)(c1ccccc1)[CH]([Ge][Cl])P(=N[Si](C)(C)C)(c1ccccc1)c1ccccc1. The third-order valence-corrected chi connectivity index (χ3v) is 30.6. The van der Waals surface area contributed by atoms with E-state index in [0.29, 0.717) is 0 Å². The number of nitrogens with zero attached hydrogens (tertiary/aromatic N) is 2. The Morgan fingerprint density at radius 1 is 0.487 bits per heavy atom. The first-order valence-electron chi connectivity index (χ1n) is 13.4. The predicted molar refractivity (Wildman–Crippen MR) is 185 cm³/mol. The molecule has 4 rings (SSSR count). The Bertz CT molecular complexity index is 1270. The summed E-state index contributed by atoms with van der Waals surface area (Å²) in [5.41, 5.74) is 0. The van der Waals surface area contributed by atoms with Crippen LogP contribution in [0.25, 0.3) is 0 Å². The molecule has 0 aromatic heterocycles. The normalized spacial score (nSPS) is 12.8.